The number of aromatic nitrogens is 1. The number of hydrogen-bond acceptors (Lipinski definition) is 15. The van der Waals surface area contributed by atoms with Crippen molar-refractivity contribution in [3.63, 3.8) is 0 Å². The molecule has 96 heavy (non-hydrogen) atoms. The van der Waals surface area contributed by atoms with Gasteiger partial charge in [-0.2, -0.15) is 0 Å². The van der Waals surface area contributed by atoms with E-state index in [9.17, 15) is 52.7 Å². The quantitative estimate of drug-likeness (QED) is 0.0265. The summed E-state index contributed by atoms with van der Waals surface area (Å²) >= 11 is 0. The molecule has 26 heteroatoms. The number of methoxy groups -OCH3 is 2. The van der Waals surface area contributed by atoms with E-state index in [1.807, 2.05) is 65.1 Å². The average Bonchev–Trinajstić information content (AvgIpc) is 1.83. The standard InChI is InChI=1S/C70H104N12O14/c1-14-45(8)62(54(94-12)39-58(86)81-38-20-24-53(81)63(95-13)46(9)64(87)73-36-33-49-22-18-21-48-32-35-72-40-51(48)49)79(10)68(91)60(43(4)5)78-67(90)61(44(6)7)80(11)70(93)96-41-47-26-28-50(29-27-47)75-65(88)52(23-19-34-74-69(71)92)76-66(89)59(42(2)3)77-55(83)25-16-15-17-37-82-56(84)30-31-57(82)85/h18,21-22,26-32,35,40,42-46,52-54,59-63H,14-17,19-20,23-25,33-34,36-39,41H2,1-13H3,(H,73,87)(H,75,88)(H,76,89)(H,77,83)(H,78,90)(H3,71,74,92)/t45-,46+,52-,53-,54+,59-,60-,61-,62-,63+/m0/s1. The van der Waals surface area contributed by atoms with Crippen LogP contribution in [0.15, 0.2) is 73.1 Å². The van der Waals surface area contributed by atoms with Crippen molar-refractivity contribution in [2.24, 2.45) is 35.3 Å². The number of fused-ring (bicyclic) bond motifs is 1. The minimum Gasteiger partial charge on any atom is -0.445 e. The number of nitrogens with one attached hydrogen (secondary N) is 6. The Balaban J connectivity index is 1.16. The second-order valence-corrected chi connectivity index (χ2v) is 26.2. The predicted molar refractivity (Wildman–Crippen MR) is 363 cm³/mol. The molecule has 0 bridgehead atoms. The van der Waals surface area contributed by atoms with Gasteiger partial charge in [-0.05, 0) is 103 Å². The van der Waals surface area contributed by atoms with E-state index in [0.717, 1.165) is 21.2 Å². The van der Waals surface area contributed by atoms with Crippen molar-refractivity contribution >= 4 is 81.7 Å². The lowest BCUT2D eigenvalue weighted by atomic mass is 9.89. The summed E-state index contributed by atoms with van der Waals surface area (Å²) in [6.07, 6.45) is 8.31. The van der Waals surface area contributed by atoms with Crippen LogP contribution in [0.1, 0.15) is 138 Å². The van der Waals surface area contributed by atoms with Crippen LogP contribution in [-0.4, -0.2) is 193 Å². The van der Waals surface area contributed by atoms with E-state index in [-0.39, 0.29) is 92.8 Å². The highest BCUT2D eigenvalue weighted by Crippen LogP contribution is 2.30. The van der Waals surface area contributed by atoms with E-state index in [1.165, 1.54) is 31.2 Å². The monoisotopic (exact) mass is 1340 g/mol. The third-order valence-electron chi connectivity index (χ3n) is 18.2. The second kappa shape index (κ2) is 38.3. The summed E-state index contributed by atoms with van der Waals surface area (Å²) in [5.74, 6) is -5.67. The van der Waals surface area contributed by atoms with Crippen LogP contribution in [0.3, 0.4) is 0 Å². The Bertz CT molecular complexity index is 3160. The van der Waals surface area contributed by atoms with Crippen LogP contribution in [-0.2, 0) is 70.4 Å². The zero-order chi connectivity index (χ0) is 70.9. The SMILES string of the molecule is CC[C@H](C)[C@@H]([C@@H](CC(=O)N1CCC[C@H]1[C@H](OC)[C@@H](C)C(=O)NCCc1cccc2ccncc12)OC)N(C)C(=O)[C@@H](NC(=O)[C@H](C(C)C)N(C)C(=O)OCc1ccc(NC(=O)[C@H](CCCNC(N)=O)NC(=O)[C@@H](NC(=O)CCCCCN2C(=O)C=CC2=O)C(C)C)cc1)C(C)C. The van der Waals surface area contributed by atoms with E-state index < -0.39 is 95.9 Å². The summed E-state index contributed by atoms with van der Waals surface area (Å²) in [4.78, 5) is 157. The number of carbonyl (C=O) groups is 11. The number of amides is 12. The summed E-state index contributed by atoms with van der Waals surface area (Å²) in [6, 6.07) is 8.41. The van der Waals surface area contributed by atoms with Crippen molar-refractivity contribution in [1.29, 1.82) is 0 Å². The summed E-state index contributed by atoms with van der Waals surface area (Å²) in [5, 5.41) is 18.9. The largest absolute Gasteiger partial charge is 0.445 e. The smallest absolute Gasteiger partial charge is 0.410 e. The van der Waals surface area contributed by atoms with Crippen molar-refractivity contribution in [2.75, 3.05) is 59.8 Å². The van der Waals surface area contributed by atoms with Gasteiger partial charge < -0.3 is 61.6 Å². The topological polar surface area (TPSA) is 340 Å². The van der Waals surface area contributed by atoms with Gasteiger partial charge in [0, 0.05) is 96.5 Å². The molecule has 0 aliphatic carbocycles. The number of likely N-dealkylation sites (N-methyl/N-ethyl adjacent to an activating group) is 2. The molecule has 2 aliphatic heterocycles. The third-order valence-corrected chi connectivity index (χ3v) is 18.2. The summed E-state index contributed by atoms with van der Waals surface area (Å²) < 4.78 is 17.8. The predicted octanol–water partition coefficient (Wildman–Crippen LogP) is 5.75. The zero-order valence-corrected chi connectivity index (χ0v) is 58.3. The van der Waals surface area contributed by atoms with E-state index in [0.29, 0.717) is 69.3 Å². The van der Waals surface area contributed by atoms with Crippen molar-refractivity contribution in [2.45, 2.75) is 188 Å². The van der Waals surface area contributed by atoms with Crippen molar-refractivity contribution < 1.29 is 67.0 Å². The lowest BCUT2D eigenvalue weighted by molar-refractivity contribution is -0.148. The normalized spacial score (nSPS) is 16.6. The Morgan fingerprint density at radius 1 is 0.729 bits per heavy atom. The first kappa shape index (κ1) is 78.2. The molecule has 1 saturated heterocycles. The Morgan fingerprint density at radius 3 is 2.04 bits per heavy atom. The number of urea groups is 1. The fourth-order valence-corrected chi connectivity index (χ4v) is 12.6. The molecule has 8 N–H and O–H groups in total. The Labute approximate surface area is 565 Å². The average molecular weight is 1340 g/mol. The lowest BCUT2D eigenvalue weighted by Gasteiger charge is -2.41. The molecule has 3 aromatic rings. The highest BCUT2D eigenvalue weighted by Gasteiger charge is 2.44. The molecule has 10 atom stereocenters. The first-order chi connectivity index (χ1) is 45.6. The number of nitrogens with zero attached hydrogens (tertiary/aromatic N) is 5. The molecule has 0 radical (unpaired) electrons. The van der Waals surface area contributed by atoms with Crippen LogP contribution in [0.5, 0.6) is 0 Å². The van der Waals surface area contributed by atoms with Gasteiger partial charge >= 0.3 is 12.1 Å². The maximum atomic E-state index is 14.8. The van der Waals surface area contributed by atoms with Crippen LogP contribution in [0.2, 0.25) is 0 Å². The Kier molecular flexibility index (Phi) is 31.2. The summed E-state index contributed by atoms with van der Waals surface area (Å²) in [7, 11) is 6.16. The molecule has 1 aromatic heterocycles. The van der Waals surface area contributed by atoms with Crippen LogP contribution >= 0.6 is 0 Å². The third kappa shape index (κ3) is 22.3. The van der Waals surface area contributed by atoms with Crippen molar-refractivity contribution in [3.8, 4) is 0 Å². The number of nitrogens with two attached hydrogens (primary N) is 1. The molecule has 3 heterocycles. The maximum absolute atomic E-state index is 14.8. The molecular weight excluding hydrogens is 1230 g/mol. The molecule has 0 unspecified atom stereocenters. The number of pyridine rings is 1. The first-order valence-electron chi connectivity index (χ1n) is 33.6. The minimum absolute atomic E-state index is 0.0650. The van der Waals surface area contributed by atoms with Gasteiger partial charge in [-0.3, -0.25) is 57.9 Å². The molecular formula is C70H104N12O14. The van der Waals surface area contributed by atoms with Crippen LogP contribution in [0.4, 0.5) is 15.3 Å². The van der Waals surface area contributed by atoms with Gasteiger partial charge in [-0.1, -0.05) is 105 Å². The molecule has 26 nitrogen and oxygen atoms in total. The van der Waals surface area contributed by atoms with Gasteiger partial charge in [-0.15, -0.1) is 0 Å². The van der Waals surface area contributed by atoms with E-state index >= 15 is 0 Å². The van der Waals surface area contributed by atoms with E-state index in [4.69, 9.17) is 19.9 Å². The number of carbonyl (C=O) groups excluding carboxylic acids is 11. The fourth-order valence-electron chi connectivity index (χ4n) is 12.6. The number of primary amides is 1. The van der Waals surface area contributed by atoms with Gasteiger partial charge in [-0.25, -0.2) is 9.59 Å². The van der Waals surface area contributed by atoms with Crippen LogP contribution in [0, 0.1) is 29.6 Å². The summed E-state index contributed by atoms with van der Waals surface area (Å²) in [5.41, 5.74) is 7.19. The number of unbranched alkanes of at least 4 members (excludes halogenated alkanes) is 2. The number of anilines is 1. The number of imide groups is 1. The van der Waals surface area contributed by atoms with Gasteiger partial charge in [0.05, 0.1) is 36.6 Å². The number of benzene rings is 2. The van der Waals surface area contributed by atoms with Crippen LogP contribution in [0.25, 0.3) is 10.8 Å². The number of ether oxygens (including phenoxy) is 3. The van der Waals surface area contributed by atoms with Gasteiger partial charge in [0.15, 0.2) is 0 Å². The molecule has 0 saturated carbocycles. The zero-order valence-electron chi connectivity index (χ0n) is 58.3. The van der Waals surface area contributed by atoms with Gasteiger partial charge in [0.25, 0.3) is 11.8 Å². The maximum Gasteiger partial charge on any atom is 0.410 e. The highest BCUT2D eigenvalue weighted by molar-refractivity contribution is 6.12. The van der Waals surface area contributed by atoms with Gasteiger partial charge in [0.2, 0.25) is 41.4 Å². The number of likely N-dealkylation sites (tertiary alicyclic amines) is 1. The lowest BCUT2D eigenvalue weighted by Crippen LogP contribution is -2.60. The molecule has 0 spiro atoms. The Morgan fingerprint density at radius 2 is 1.42 bits per heavy atom. The van der Waals surface area contributed by atoms with E-state index in [1.54, 1.807) is 82.1 Å². The van der Waals surface area contributed by atoms with Gasteiger partial charge in [0.1, 0.15) is 30.8 Å². The molecule has 1 fully saturated rings. The molecule has 5 rings (SSSR count). The molecule has 2 aromatic carbocycles. The number of rotatable bonds is 38. The summed E-state index contributed by atoms with van der Waals surface area (Å²) in [6.45, 7) is 17.4. The second-order valence-electron chi connectivity index (χ2n) is 26.2. The van der Waals surface area contributed by atoms with Crippen LogP contribution < -0.4 is 37.6 Å². The highest BCUT2D eigenvalue weighted by atomic mass is 16.6. The minimum atomic E-state index is -1.11. The van der Waals surface area contributed by atoms with Crippen molar-refractivity contribution in [1.82, 2.24) is 51.2 Å². The fraction of sp³-hybridized carbons (Fsp3) is 0.600. The Hall–Kier alpha value is -8.52. The molecule has 2 aliphatic rings. The molecule has 12 amide bonds. The number of hydrogen-bond donors (Lipinski definition) is 7. The first-order valence-corrected chi connectivity index (χ1v) is 33.6. The molecule has 528 valence electrons. The van der Waals surface area contributed by atoms with E-state index in [2.05, 4.69) is 36.9 Å². The van der Waals surface area contributed by atoms with Crippen molar-refractivity contribution in [3.05, 3.63) is 84.2 Å².